The number of nitrogens with two attached hydrogens (primary N) is 1. The lowest BCUT2D eigenvalue weighted by Gasteiger charge is -2.28. The molecule has 0 saturated heterocycles. The Morgan fingerprint density at radius 1 is 1.67 bits per heavy atom. The fraction of sp³-hybridized carbons (Fsp3) is 0.667. The fourth-order valence-electron chi connectivity index (χ4n) is 1.28. The molecule has 0 saturated carbocycles. The van der Waals surface area contributed by atoms with Crippen LogP contribution in [-0.2, 0) is 0 Å². The van der Waals surface area contributed by atoms with Crippen LogP contribution in [0.15, 0.2) is 6.20 Å². The first-order chi connectivity index (χ1) is 6.96. The van der Waals surface area contributed by atoms with Crippen molar-refractivity contribution in [2.75, 3.05) is 20.1 Å². The number of hydrogen-bond donors (Lipinski definition) is 2. The van der Waals surface area contributed by atoms with Crippen LogP contribution in [0, 0.1) is 5.41 Å². The molecule has 1 aromatic rings. The summed E-state index contributed by atoms with van der Waals surface area (Å²) < 4.78 is 0. The number of H-pyrrole nitrogens is 1. The van der Waals surface area contributed by atoms with Gasteiger partial charge in [0.15, 0.2) is 5.69 Å². The maximum Gasteiger partial charge on any atom is 0.275 e. The van der Waals surface area contributed by atoms with E-state index in [-0.39, 0.29) is 11.3 Å². The van der Waals surface area contributed by atoms with Crippen LogP contribution in [0.5, 0.6) is 0 Å². The van der Waals surface area contributed by atoms with Crippen LogP contribution in [0.2, 0.25) is 0 Å². The van der Waals surface area contributed by atoms with Crippen molar-refractivity contribution in [3.63, 3.8) is 0 Å². The van der Waals surface area contributed by atoms with Gasteiger partial charge in [-0.05, 0) is 12.0 Å². The summed E-state index contributed by atoms with van der Waals surface area (Å²) in [5.41, 5.74) is 5.84. The molecule has 0 aromatic carbocycles. The summed E-state index contributed by atoms with van der Waals surface area (Å²) in [5.74, 6) is -0.148. The summed E-state index contributed by atoms with van der Waals surface area (Å²) in [4.78, 5) is 13.4. The number of carbonyl (C=O) groups is 1. The molecule has 0 aliphatic rings. The van der Waals surface area contributed by atoms with Crippen LogP contribution in [0.25, 0.3) is 0 Å². The van der Waals surface area contributed by atoms with E-state index in [1.807, 2.05) is 13.8 Å². The van der Waals surface area contributed by atoms with Crippen molar-refractivity contribution in [2.45, 2.75) is 13.8 Å². The zero-order valence-corrected chi connectivity index (χ0v) is 9.32. The predicted molar refractivity (Wildman–Crippen MR) is 56.2 cm³/mol. The zero-order valence-electron chi connectivity index (χ0n) is 9.32. The molecular formula is C9H17N5O. The lowest BCUT2D eigenvalue weighted by molar-refractivity contribution is 0.0734. The van der Waals surface area contributed by atoms with Crippen LogP contribution < -0.4 is 5.73 Å². The average molecular weight is 211 g/mol. The summed E-state index contributed by atoms with van der Waals surface area (Å²) in [6.07, 6.45) is 1.41. The first-order valence-corrected chi connectivity index (χ1v) is 4.77. The Kier molecular flexibility index (Phi) is 3.41. The van der Waals surface area contributed by atoms with Crippen molar-refractivity contribution in [2.24, 2.45) is 11.1 Å². The Bertz CT molecular complexity index is 319. The van der Waals surface area contributed by atoms with Gasteiger partial charge in [0.25, 0.3) is 5.91 Å². The van der Waals surface area contributed by atoms with E-state index < -0.39 is 0 Å². The van der Waals surface area contributed by atoms with E-state index in [0.717, 1.165) is 0 Å². The second-order valence-corrected chi connectivity index (χ2v) is 4.38. The van der Waals surface area contributed by atoms with Crippen molar-refractivity contribution in [3.05, 3.63) is 11.9 Å². The monoisotopic (exact) mass is 211 g/mol. The molecule has 0 aliphatic heterocycles. The van der Waals surface area contributed by atoms with Crippen LogP contribution in [-0.4, -0.2) is 46.4 Å². The van der Waals surface area contributed by atoms with Gasteiger partial charge in [-0.15, -0.1) is 0 Å². The zero-order chi connectivity index (χ0) is 11.5. The number of rotatable bonds is 4. The number of nitrogens with one attached hydrogen (secondary N) is 1. The average Bonchev–Trinajstić information content (AvgIpc) is 2.68. The van der Waals surface area contributed by atoms with E-state index in [1.165, 1.54) is 6.20 Å². The Labute approximate surface area is 88.8 Å². The summed E-state index contributed by atoms with van der Waals surface area (Å²) in [6.45, 7) is 5.15. The molecule has 1 amide bonds. The molecule has 84 valence electrons. The van der Waals surface area contributed by atoms with E-state index in [9.17, 15) is 4.79 Å². The normalized spacial score (nSPS) is 11.5. The molecule has 0 radical (unpaired) electrons. The Morgan fingerprint density at radius 3 is 2.80 bits per heavy atom. The van der Waals surface area contributed by atoms with Crippen LogP contribution in [0.1, 0.15) is 24.3 Å². The molecule has 1 rings (SSSR count). The number of aromatic nitrogens is 3. The van der Waals surface area contributed by atoms with Gasteiger partial charge in [0, 0.05) is 13.6 Å². The third-order valence-corrected chi connectivity index (χ3v) is 2.20. The Hall–Kier alpha value is -1.43. The van der Waals surface area contributed by atoms with E-state index in [0.29, 0.717) is 18.8 Å². The SMILES string of the molecule is CN(CC(C)(C)CN)C(=O)c1cn[nH]n1. The molecule has 0 spiro atoms. The van der Waals surface area contributed by atoms with E-state index in [4.69, 9.17) is 5.73 Å². The second kappa shape index (κ2) is 4.39. The molecule has 0 unspecified atom stereocenters. The van der Waals surface area contributed by atoms with Gasteiger partial charge < -0.3 is 10.6 Å². The van der Waals surface area contributed by atoms with Gasteiger partial charge in [-0.2, -0.15) is 15.4 Å². The smallest absolute Gasteiger partial charge is 0.275 e. The minimum atomic E-state index is -0.148. The Morgan fingerprint density at radius 2 is 2.33 bits per heavy atom. The highest BCUT2D eigenvalue weighted by atomic mass is 16.2. The van der Waals surface area contributed by atoms with Crippen LogP contribution in [0.3, 0.4) is 0 Å². The Balaban J connectivity index is 2.62. The topological polar surface area (TPSA) is 87.9 Å². The van der Waals surface area contributed by atoms with Gasteiger partial charge in [-0.1, -0.05) is 13.8 Å². The van der Waals surface area contributed by atoms with Gasteiger partial charge in [0.05, 0.1) is 6.20 Å². The number of aromatic amines is 1. The third-order valence-electron chi connectivity index (χ3n) is 2.20. The maximum absolute atomic E-state index is 11.8. The van der Waals surface area contributed by atoms with E-state index >= 15 is 0 Å². The van der Waals surface area contributed by atoms with Gasteiger partial charge in [0.2, 0.25) is 0 Å². The van der Waals surface area contributed by atoms with E-state index in [2.05, 4.69) is 15.4 Å². The molecule has 15 heavy (non-hydrogen) atoms. The quantitative estimate of drug-likeness (QED) is 0.725. The van der Waals surface area contributed by atoms with Crippen molar-refractivity contribution in [1.82, 2.24) is 20.3 Å². The van der Waals surface area contributed by atoms with Gasteiger partial charge in [-0.3, -0.25) is 4.79 Å². The van der Waals surface area contributed by atoms with Gasteiger partial charge in [-0.25, -0.2) is 0 Å². The van der Waals surface area contributed by atoms with Crippen LogP contribution >= 0.6 is 0 Å². The van der Waals surface area contributed by atoms with Crippen molar-refractivity contribution in [1.29, 1.82) is 0 Å². The summed E-state index contributed by atoms with van der Waals surface area (Å²) in [7, 11) is 1.73. The summed E-state index contributed by atoms with van der Waals surface area (Å²) in [6, 6.07) is 0. The molecular weight excluding hydrogens is 194 g/mol. The minimum absolute atomic E-state index is 0.0891. The minimum Gasteiger partial charge on any atom is -0.340 e. The van der Waals surface area contributed by atoms with Crippen molar-refractivity contribution < 1.29 is 4.79 Å². The highest BCUT2D eigenvalue weighted by Crippen LogP contribution is 2.14. The standard InChI is InChI=1S/C9H17N5O/c1-9(2,5-10)6-14(3)8(15)7-4-11-13-12-7/h4H,5-6,10H2,1-3H3,(H,11,12,13). The molecule has 1 aromatic heterocycles. The molecule has 0 atom stereocenters. The lowest BCUT2D eigenvalue weighted by Crippen LogP contribution is -2.39. The summed E-state index contributed by atoms with van der Waals surface area (Å²) >= 11 is 0. The summed E-state index contributed by atoms with van der Waals surface area (Å²) in [5, 5.41) is 9.74. The molecule has 0 aliphatic carbocycles. The molecule has 0 fully saturated rings. The molecule has 3 N–H and O–H groups in total. The second-order valence-electron chi connectivity index (χ2n) is 4.38. The predicted octanol–water partition coefficient (Wildman–Crippen LogP) is -0.138. The highest BCUT2D eigenvalue weighted by Gasteiger charge is 2.22. The number of amides is 1. The maximum atomic E-state index is 11.8. The number of hydrogen-bond acceptors (Lipinski definition) is 4. The highest BCUT2D eigenvalue weighted by molar-refractivity contribution is 5.91. The largest absolute Gasteiger partial charge is 0.340 e. The van der Waals surface area contributed by atoms with Crippen LogP contribution in [0.4, 0.5) is 0 Å². The number of nitrogens with zero attached hydrogens (tertiary/aromatic N) is 3. The molecule has 0 bridgehead atoms. The first-order valence-electron chi connectivity index (χ1n) is 4.77. The van der Waals surface area contributed by atoms with E-state index in [1.54, 1.807) is 11.9 Å². The van der Waals surface area contributed by atoms with Gasteiger partial charge >= 0.3 is 0 Å². The molecule has 1 heterocycles. The number of carbonyl (C=O) groups excluding carboxylic acids is 1. The lowest BCUT2D eigenvalue weighted by atomic mass is 9.93. The van der Waals surface area contributed by atoms with Gasteiger partial charge in [0.1, 0.15) is 0 Å². The molecule has 6 heteroatoms. The third kappa shape index (κ3) is 3.02. The van der Waals surface area contributed by atoms with Crippen molar-refractivity contribution in [3.8, 4) is 0 Å². The molecule has 6 nitrogen and oxygen atoms in total. The van der Waals surface area contributed by atoms with Crippen molar-refractivity contribution >= 4 is 5.91 Å². The fourth-order valence-corrected chi connectivity index (χ4v) is 1.28. The first kappa shape index (κ1) is 11.6.